The monoisotopic (exact) mass is 362 g/mol. The number of carbonyl (C=O) groups is 2. The second-order valence-corrected chi connectivity index (χ2v) is 6.56. The number of alkyl halides is 1. The van der Waals surface area contributed by atoms with Crippen LogP contribution >= 0.6 is 15.9 Å². The molecule has 0 aliphatic rings. The molecule has 0 saturated heterocycles. The van der Waals surface area contributed by atoms with Gasteiger partial charge < -0.3 is 5.11 Å². The molecule has 0 aliphatic heterocycles. The van der Waals surface area contributed by atoms with Crippen molar-refractivity contribution in [1.29, 1.82) is 0 Å². The maximum absolute atomic E-state index is 10.9. The van der Waals surface area contributed by atoms with E-state index in [-0.39, 0.29) is 6.42 Å². The number of carboxylic acids is 1. The molecule has 0 heterocycles. The van der Waals surface area contributed by atoms with Gasteiger partial charge in [-0.25, -0.2) is 4.79 Å². The fraction of sp³-hybridized carbons (Fsp3) is 0.882. The first-order chi connectivity index (χ1) is 10.2. The first-order valence-corrected chi connectivity index (χ1v) is 9.62. The number of carbonyl (C=O) groups excluding carboxylic acids is 1. The second kappa shape index (κ2) is 16.0. The molecule has 124 valence electrons. The van der Waals surface area contributed by atoms with Crippen molar-refractivity contribution in [3.63, 3.8) is 0 Å². The third-order valence-corrected chi connectivity index (χ3v) is 4.34. The Morgan fingerprint density at radius 2 is 0.952 bits per heavy atom. The van der Waals surface area contributed by atoms with Gasteiger partial charge in [0.2, 0.25) is 5.78 Å². The number of hydrogen-bond donors (Lipinski definition) is 1. The lowest BCUT2D eigenvalue weighted by molar-refractivity contribution is -0.149. The Hall–Kier alpha value is -0.380. The second-order valence-electron chi connectivity index (χ2n) is 5.76. The lowest BCUT2D eigenvalue weighted by Gasteiger charge is -2.02. The number of ketones is 1. The lowest BCUT2D eigenvalue weighted by Crippen LogP contribution is -2.11. The minimum atomic E-state index is -1.29. The minimum absolute atomic E-state index is 0.199. The third-order valence-electron chi connectivity index (χ3n) is 3.78. The molecule has 21 heavy (non-hydrogen) atoms. The van der Waals surface area contributed by atoms with E-state index < -0.39 is 11.8 Å². The quantitative estimate of drug-likeness (QED) is 0.224. The van der Waals surface area contributed by atoms with Gasteiger partial charge in [-0.05, 0) is 12.8 Å². The summed E-state index contributed by atoms with van der Waals surface area (Å²) in [5.41, 5.74) is 0. The van der Waals surface area contributed by atoms with Gasteiger partial charge in [-0.3, -0.25) is 4.79 Å². The van der Waals surface area contributed by atoms with Crippen LogP contribution < -0.4 is 0 Å². The Kier molecular flexibility index (Phi) is 15.7. The van der Waals surface area contributed by atoms with Gasteiger partial charge >= 0.3 is 5.97 Å². The van der Waals surface area contributed by atoms with E-state index in [4.69, 9.17) is 5.11 Å². The topological polar surface area (TPSA) is 54.4 Å². The van der Waals surface area contributed by atoms with Crippen molar-refractivity contribution >= 4 is 27.7 Å². The molecule has 0 aromatic carbocycles. The maximum atomic E-state index is 10.9. The van der Waals surface area contributed by atoms with E-state index >= 15 is 0 Å². The highest BCUT2D eigenvalue weighted by Crippen LogP contribution is 2.13. The van der Waals surface area contributed by atoms with Gasteiger partial charge in [-0.1, -0.05) is 86.6 Å². The van der Waals surface area contributed by atoms with Gasteiger partial charge in [0.25, 0.3) is 0 Å². The Bertz CT molecular complexity index is 267. The summed E-state index contributed by atoms with van der Waals surface area (Å²) in [4.78, 5) is 21.2. The Balaban J connectivity index is 3.06. The molecule has 0 unspecified atom stereocenters. The normalized spacial score (nSPS) is 10.7. The summed E-state index contributed by atoms with van der Waals surface area (Å²) in [7, 11) is 0. The molecular formula is C17H31BrO3. The maximum Gasteiger partial charge on any atom is 0.372 e. The largest absolute Gasteiger partial charge is 0.476 e. The van der Waals surface area contributed by atoms with Crippen LogP contribution in [0.25, 0.3) is 0 Å². The van der Waals surface area contributed by atoms with Gasteiger partial charge in [0.15, 0.2) is 0 Å². The average Bonchev–Trinajstić information content (AvgIpc) is 2.47. The van der Waals surface area contributed by atoms with E-state index in [0.29, 0.717) is 0 Å². The molecule has 0 atom stereocenters. The fourth-order valence-electron chi connectivity index (χ4n) is 2.43. The first-order valence-electron chi connectivity index (χ1n) is 8.50. The van der Waals surface area contributed by atoms with Crippen molar-refractivity contribution in [2.45, 2.75) is 89.9 Å². The number of Topliss-reactive ketones (excluding diaryl/α,β-unsaturated/α-hetero) is 1. The molecule has 0 aliphatic carbocycles. The van der Waals surface area contributed by atoms with E-state index in [1.807, 2.05) is 0 Å². The van der Waals surface area contributed by atoms with E-state index in [1.54, 1.807) is 0 Å². The van der Waals surface area contributed by atoms with E-state index in [9.17, 15) is 9.59 Å². The molecule has 0 aromatic heterocycles. The molecule has 4 heteroatoms. The molecule has 0 rings (SSSR count). The van der Waals surface area contributed by atoms with Crippen LogP contribution in [0.2, 0.25) is 0 Å². The van der Waals surface area contributed by atoms with E-state index in [1.165, 1.54) is 64.2 Å². The molecular weight excluding hydrogens is 332 g/mol. The Morgan fingerprint density at radius 3 is 1.29 bits per heavy atom. The fourth-order valence-corrected chi connectivity index (χ4v) is 2.83. The third kappa shape index (κ3) is 15.8. The summed E-state index contributed by atoms with van der Waals surface area (Å²) in [5.74, 6) is -1.94. The summed E-state index contributed by atoms with van der Waals surface area (Å²) in [6.45, 7) is 0. The van der Waals surface area contributed by atoms with Crippen LogP contribution in [0.3, 0.4) is 0 Å². The number of unbranched alkanes of at least 4 members (excludes halogenated alkanes) is 12. The summed E-state index contributed by atoms with van der Waals surface area (Å²) >= 11 is 3.45. The molecule has 0 bridgehead atoms. The van der Waals surface area contributed by atoms with Crippen LogP contribution in [0.5, 0.6) is 0 Å². The standard InChI is InChI=1S/C17H31BrO3/c18-15-13-11-9-7-5-3-1-2-4-6-8-10-12-14-16(19)17(20)21/h1-15H2,(H,20,21). The van der Waals surface area contributed by atoms with Crippen molar-refractivity contribution < 1.29 is 14.7 Å². The predicted octanol–water partition coefficient (Wildman–Crippen LogP) is 5.50. The zero-order valence-electron chi connectivity index (χ0n) is 13.2. The lowest BCUT2D eigenvalue weighted by atomic mass is 10.0. The number of aliphatic carboxylic acids is 1. The van der Waals surface area contributed by atoms with Crippen molar-refractivity contribution in [3.05, 3.63) is 0 Å². The van der Waals surface area contributed by atoms with E-state index in [0.717, 1.165) is 24.6 Å². The highest BCUT2D eigenvalue weighted by Gasteiger charge is 2.09. The van der Waals surface area contributed by atoms with Gasteiger partial charge in [-0.15, -0.1) is 0 Å². The van der Waals surface area contributed by atoms with Gasteiger partial charge in [0.05, 0.1) is 0 Å². The van der Waals surface area contributed by atoms with Crippen LogP contribution in [-0.2, 0) is 9.59 Å². The van der Waals surface area contributed by atoms with Gasteiger partial charge in [0, 0.05) is 11.8 Å². The molecule has 0 fully saturated rings. The smallest absolute Gasteiger partial charge is 0.372 e. The Morgan fingerprint density at radius 1 is 0.619 bits per heavy atom. The number of carboxylic acid groups (broad SMARTS) is 1. The average molecular weight is 363 g/mol. The van der Waals surface area contributed by atoms with E-state index in [2.05, 4.69) is 15.9 Å². The summed E-state index contributed by atoms with van der Waals surface area (Å²) in [6, 6.07) is 0. The molecule has 0 spiro atoms. The number of halogens is 1. The van der Waals surface area contributed by atoms with Crippen molar-refractivity contribution in [2.24, 2.45) is 0 Å². The zero-order valence-corrected chi connectivity index (χ0v) is 14.8. The van der Waals surface area contributed by atoms with Crippen LogP contribution in [-0.4, -0.2) is 22.2 Å². The van der Waals surface area contributed by atoms with Gasteiger partial charge in [0.1, 0.15) is 0 Å². The van der Waals surface area contributed by atoms with Crippen molar-refractivity contribution in [2.75, 3.05) is 5.33 Å². The molecule has 1 N–H and O–H groups in total. The predicted molar refractivity (Wildman–Crippen MR) is 91.1 cm³/mol. The minimum Gasteiger partial charge on any atom is -0.476 e. The SMILES string of the molecule is O=C(O)C(=O)CCCCCCCCCCCCCCCBr. The molecule has 0 radical (unpaired) electrons. The number of hydrogen-bond acceptors (Lipinski definition) is 2. The zero-order chi connectivity index (χ0) is 15.8. The van der Waals surface area contributed by atoms with Crippen molar-refractivity contribution in [1.82, 2.24) is 0 Å². The first kappa shape index (κ1) is 20.6. The highest BCUT2D eigenvalue weighted by atomic mass is 79.9. The summed E-state index contributed by atoms with van der Waals surface area (Å²) in [5, 5.41) is 9.57. The van der Waals surface area contributed by atoms with Crippen LogP contribution in [0, 0.1) is 0 Å². The highest BCUT2D eigenvalue weighted by molar-refractivity contribution is 9.09. The number of rotatable bonds is 16. The van der Waals surface area contributed by atoms with Crippen LogP contribution in [0.4, 0.5) is 0 Å². The van der Waals surface area contributed by atoms with Crippen molar-refractivity contribution in [3.8, 4) is 0 Å². The van der Waals surface area contributed by atoms with Crippen LogP contribution in [0.15, 0.2) is 0 Å². The molecule has 0 aromatic rings. The Labute approximate surface area is 138 Å². The van der Waals surface area contributed by atoms with Crippen LogP contribution in [0.1, 0.15) is 89.9 Å². The summed E-state index contributed by atoms with van der Waals surface area (Å²) in [6.07, 6.45) is 16.3. The molecule has 0 saturated carbocycles. The summed E-state index contributed by atoms with van der Waals surface area (Å²) < 4.78 is 0. The molecule has 3 nitrogen and oxygen atoms in total. The molecule has 0 amide bonds. The van der Waals surface area contributed by atoms with Gasteiger partial charge in [-0.2, -0.15) is 0 Å².